The molecule has 1 aliphatic rings. The molecule has 0 amide bonds. The van der Waals surface area contributed by atoms with Crippen LogP contribution in [0.2, 0.25) is 5.02 Å². The van der Waals surface area contributed by atoms with Gasteiger partial charge < -0.3 is 4.79 Å². The highest BCUT2D eigenvalue weighted by molar-refractivity contribution is 6.30. The molecule has 0 radical (unpaired) electrons. The van der Waals surface area contributed by atoms with Crippen molar-refractivity contribution < 1.29 is 4.79 Å². The second-order valence-corrected chi connectivity index (χ2v) is 4.26. The van der Waals surface area contributed by atoms with Gasteiger partial charge in [-0.05, 0) is 24.6 Å². The van der Waals surface area contributed by atoms with E-state index >= 15 is 0 Å². The Morgan fingerprint density at radius 1 is 1.27 bits per heavy atom. The van der Waals surface area contributed by atoms with E-state index in [-0.39, 0.29) is 18.0 Å². The van der Waals surface area contributed by atoms with E-state index in [1.54, 1.807) is 0 Å². The van der Waals surface area contributed by atoms with Crippen LogP contribution in [0.15, 0.2) is 24.3 Å². The second kappa shape index (κ2) is 4.31. The Hall–Kier alpha value is -0.900. The van der Waals surface area contributed by atoms with E-state index in [1.807, 2.05) is 31.2 Å². The lowest BCUT2D eigenvalue weighted by Crippen LogP contribution is -2.29. The van der Waals surface area contributed by atoms with E-state index in [2.05, 4.69) is 10.9 Å². The number of nitrogens with one attached hydrogen (secondary N) is 2. The van der Waals surface area contributed by atoms with Gasteiger partial charge in [0.2, 0.25) is 0 Å². The molecule has 0 aromatic heterocycles. The molecule has 1 fully saturated rings. The smallest absolute Gasteiger partial charge is 0.126 e. The molecule has 0 spiro atoms. The van der Waals surface area contributed by atoms with Gasteiger partial charge >= 0.3 is 0 Å². The fourth-order valence-electron chi connectivity index (χ4n) is 1.87. The average Bonchev–Trinajstić information content (AvgIpc) is 2.61. The zero-order valence-electron chi connectivity index (χ0n) is 8.41. The van der Waals surface area contributed by atoms with Gasteiger partial charge in [0.15, 0.2) is 0 Å². The van der Waals surface area contributed by atoms with Gasteiger partial charge in [0.1, 0.15) is 6.29 Å². The van der Waals surface area contributed by atoms with Gasteiger partial charge in [-0.25, -0.2) is 5.43 Å². The van der Waals surface area contributed by atoms with Crippen LogP contribution in [-0.2, 0) is 4.79 Å². The van der Waals surface area contributed by atoms with Crippen molar-refractivity contribution in [3.63, 3.8) is 0 Å². The predicted molar refractivity (Wildman–Crippen MR) is 59.5 cm³/mol. The Bertz CT molecular complexity index is 352. The topological polar surface area (TPSA) is 41.1 Å². The van der Waals surface area contributed by atoms with Crippen LogP contribution in [0, 0.1) is 5.92 Å². The molecule has 1 aromatic rings. The van der Waals surface area contributed by atoms with Gasteiger partial charge in [-0.15, -0.1) is 0 Å². The fraction of sp³-hybridized carbons (Fsp3) is 0.364. The summed E-state index contributed by atoms with van der Waals surface area (Å²) in [6.45, 7) is 1.99. The molecule has 3 nitrogen and oxygen atoms in total. The molecular weight excluding hydrogens is 212 g/mol. The van der Waals surface area contributed by atoms with Crippen LogP contribution in [-0.4, -0.2) is 12.3 Å². The summed E-state index contributed by atoms with van der Waals surface area (Å²) in [6.07, 6.45) is 0.997. The number of carbonyl (C=O) groups excluding carboxylic acids is 1. The molecule has 0 saturated carbocycles. The first-order valence-corrected chi connectivity index (χ1v) is 5.32. The van der Waals surface area contributed by atoms with Crippen LogP contribution in [0.1, 0.15) is 18.5 Å². The SMILES string of the molecule is CC1NNC(c2ccc(Cl)cc2)C1C=O. The lowest BCUT2D eigenvalue weighted by molar-refractivity contribution is -0.111. The molecule has 0 bridgehead atoms. The van der Waals surface area contributed by atoms with Crippen molar-refractivity contribution in [2.75, 3.05) is 0 Å². The van der Waals surface area contributed by atoms with Crippen molar-refractivity contribution in [1.82, 2.24) is 10.9 Å². The summed E-state index contributed by atoms with van der Waals surface area (Å²) in [5.41, 5.74) is 7.27. The highest BCUT2D eigenvalue weighted by Gasteiger charge is 2.33. The number of rotatable bonds is 2. The van der Waals surface area contributed by atoms with Gasteiger partial charge in [-0.1, -0.05) is 23.7 Å². The highest BCUT2D eigenvalue weighted by Crippen LogP contribution is 2.27. The molecule has 15 heavy (non-hydrogen) atoms. The number of hydrazine groups is 1. The van der Waals surface area contributed by atoms with Crippen LogP contribution < -0.4 is 10.9 Å². The monoisotopic (exact) mass is 224 g/mol. The average molecular weight is 225 g/mol. The minimum Gasteiger partial charge on any atom is -0.303 e. The normalized spacial score (nSPS) is 30.4. The maximum atomic E-state index is 11.0. The standard InChI is InChI=1S/C11H13ClN2O/c1-7-10(6-15)11(14-13-7)8-2-4-9(12)5-3-8/h2-7,10-11,13-14H,1H3. The quantitative estimate of drug-likeness (QED) is 0.752. The summed E-state index contributed by atoms with van der Waals surface area (Å²) < 4.78 is 0. The largest absolute Gasteiger partial charge is 0.303 e. The Morgan fingerprint density at radius 3 is 2.53 bits per heavy atom. The number of aldehydes is 1. The van der Waals surface area contributed by atoms with Crippen LogP contribution in [0.5, 0.6) is 0 Å². The molecule has 3 unspecified atom stereocenters. The molecule has 3 atom stereocenters. The van der Waals surface area contributed by atoms with Crippen molar-refractivity contribution in [3.8, 4) is 0 Å². The van der Waals surface area contributed by atoms with Crippen LogP contribution in [0.25, 0.3) is 0 Å². The molecule has 4 heteroatoms. The van der Waals surface area contributed by atoms with Crippen LogP contribution >= 0.6 is 11.6 Å². The van der Waals surface area contributed by atoms with Gasteiger partial charge in [-0.2, -0.15) is 0 Å². The zero-order valence-corrected chi connectivity index (χ0v) is 9.16. The molecular formula is C11H13ClN2O. The fourth-order valence-corrected chi connectivity index (χ4v) is 2.00. The summed E-state index contributed by atoms with van der Waals surface area (Å²) in [5, 5.41) is 0.709. The van der Waals surface area contributed by atoms with E-state index in [4.69, 9.17) is 11.6 Å². The summed E-state index contributed by atoms with van der Waals surface area (Å²) in [4.78, 5) is 11.0. The maximum absolute atomic E-state index is 11.0. The van der Waals surface area contributed by atoms with Gasteiger partial charge in [0.05, 0.1) is 12.0 Å². The first kappa shape index (κ1) is 10.6. The first-order valence-electron chi connectivity index (χ1n) is 4.94. The van der Waals surface area contributed by atoms with Crippen molar-refractivity contribution in [2.24, 2.45) is 5.92 Å². The third kappa shape index (κ3) is 2.04. The van der Waals surface area contributed by atoms with E-state index in [0.717, 1.165) is 11.8 Å². The molecule has 80 valence electrons. The van der Waals surface area contributed by atoms with Crippen molar-refractivity contribution in [1.29, 1.82) is 0 Å². The maximum Gasteiger partial charge on any atom is 0.126 e. The predicted octanol–water partition coefficient (Wildman–Crippen LogP) is 1.69. The Morgan fingerprint density at radius 2 is 1.93 bits per heavy atom. The number of hydrogen-bond donors (Lipinski definition) is 2. The highest BCUT2D eigenvalue weighted by atomic mass is 35.5. The van der Waals surface area contributed by atoms with Gasteiger partial charge in [0.25, 0.3) is 0 Å². The van der Waals surface area contributed by atoms with E-state index < -0.39 is 0 Å². The van der Waals surface area contributed by atoms with Crippen LogP contribution in [0.3, 0.4) is 0 Å². The summed E-state index contributed by atoms with van der Waals surface area (Å²) in [5.74, 6) is -0.0359. The third-order valence-electron chi connectivity index (χ3n) is 2.82. The molecule has 0 aliphatic carbocycles. The molecule has 1 aliphatic heterocycles. The van der Waals surface area contributed by atoms with Crippen molar-refractivity contribution in [2.45, 2.75) is 19.0 Å². The number of halogens is 1. The number of hydrogen-bond acceptors (Lipinski definition) is 3. The van der Waals surface area contributed by atoms with E-state index in [1.165, 1.54) is 0 Å². The summed E-state index contributed by atoms with van der Waals surface area (Å²) in [6, 6.07) is 7.75. The molecule has 1 aromatic carbocycles. The summed E-state index contributed by atoms with van der Waals surface area (Å²) in [7, 11) is 0. The molecule has 2 N–H and O–H groups in total. The van der Waals surface area contributed by atoms with E-state index in [0.29, 0.717) is 5.02 Å². The van der Waals surface area contributed by atoms with Crippen molar-refractivity contribution >= 4 is 17.9 Å². The first-order chi connectivity index (χ1) is 7.22. The summed E-state index contributed by atoms with van der Waals surface area (Å²) >= 11 is 5.81. The van der Waals surface area contributed by atoms with Crippen LogP contribution in [0.4, 0.5) is 0 Å². The second-order valence-electron chi connectivity index (χ2n) is 3.82. The minimum absolute atomic E-state index is 0.0359. The molecule has 2 rings (SSSR count). The number of benzene rings is 1. The lowest BCUT2D eigenvalue weighted by atomic mass is 9.92. The van der Waals surface area contributed by atoms with Gasteiger partial charge in [0, 0.05) is 11.1 Å². The minimum atomic E-state index is -0.0359. The zero-order chi connectivity index (χ0) is 10.8. The Kier molecular flexibility index (Phi) is 3.05. The lowest BCUT2D eigenvalue weighted by Gasteiger charge is -2.15. The van der Waals surface area contributed by atoms with E-state index in [9.17, 15) is 4.79 Å². The number of carbonyl (C=O) groups is 1. The Labute approximate surface area is 93.8 Å². The van der Waals surface area contributed by atoms with Gasteiger partial charge in [-0.3, -0.25) is 5.43 Å². The molecule has 1 saturated heterocycles. The van der Waals surface area contributed by atoms with Crippen molar-refractivity contribution in [3.05, 3.63) is 34.9 Å². The molecule has 1 heterocycles. The third-order valence-corrected chi connectivity index (χ3v) is 3.07. The Balaban J connectivity index is 2.23.